The van der Waals surface area contributed by atoms with Crippen LogP contribution in [0.1, 0.15) is 12.0 Å². The van der Waals surface area contributed by atoms with Crippen molar-refractivity contribution in [2.45, 2.75) is 11.3 Å². The second-order valence-electron chi connectivity index (χ2n) is 2.80. The molecule has 2 rings (SSSR count). The van der Waals surface area contributed by atoms with Crippen LogP contribution in [0.15, 0.2) is 22.4 Å². The Morgan fingerprint density at radius 3 is 2.64 bits per heavy atom. The zero-order chi connectivity index (χ0) is 10.3. The van der Waals surface area contributed by atoms with Crippen LogP contribution in [0.3, 0.4) is 0 Å². The molecule has 1 heterocycles. The molecule has 5 heteroatoms. The Bertz CT molecular complexity index is 476. The Hall–Kier alpha value is -0.680. The maximum absolute atomic E-state index is 13.1. The summed E-state index contributed by atoms with van der Waals surface area (Å²) in [5.41, 5.74) is -0.121. The lowest BCUT2D eigenvalue weighted by atomic mass is 10.2. The molecule has 0 aliphatic rings. The van der Waals surface area contributed by atoms with Gasteiger partial charge in [0.05, 0.1) is 0 Å². The van der Waals surface area contributed by atoms with Crippen molar-refractivity contribution in [3.8, 4) is 0 Å². The van der Waals surface area contributed by atoms with E-state index in [1.54, 1.807) is 0 Å². The Kier molecular flexibility index (Phi) is 2.45. The Morgan fingerprint density at radius 1 is 1.29 bits per heavy atom. The minimum atomic E-state index is -2.55. The second kappa shape index (κ2) is 3.47. The van der Waals surface area contributed by atoms with Gasteiger partial charge in [0, 0.05) is 25.9 Å². The van der Waals surface area contributed by atoms with Crippen LogP contribution in [0.2, 0.25) is 0 Å². The average molecular weight is 234 g/mol. The maximum Gasteiger partial charge on any atom is 0.263 e. The van der Waals surface area contributed by atoms with Crippen LogP contribution >= 0.6 is 24.0 Å². The van der Waals surface area contributed by atoms with Gasteiger partial charge in [-0.15, -0.1) is 24.0 Å². The van der Waals surface area contributed by atoms with Crippen molar-refractivity contribution >= 4 is 34.1 Å². The molecule has 0 saturated heterocycles. The summed E-state index contributed by atoms with van der Waals surface area (Å²) in [4.78, 5) is 0.261. The lowest BCUT2D eigenvalue weighted by Gasteiger charge is -2.02. The van der Waals surface area contributed by atoms with Gasteiger partial charge in [-0.1, -0.05) is 0 Å². The van der Waals surface area contributed by atoms with Crippen molar-refractivity contribution < 1.29 is 13.2 Å². The molecule has 0 unspecified atom stereocenters. The molecule has 0 aliphatic carbocycles. The molecule has 0 fully saturated rings. The van der Waals surface area contributed by atoms with Crippen molar-refractivity contribution in [2.24, 2.45) is 0 Å². The van der Waals surface area contributed by atoms with Crippen molar-refractivity contribution in [3.05, 3.63) is 28.9 Å². The van der Waals surface area contributed by atoms with E-state index in [0.29, 0.717) is 10.1 Å². The van der Waals surface area contributed by atoms with Gasteiger partial charge in [-0.2, -0.15) is 0 Å². The molecule has 0 bridgehead atoms. The lowest BCUT2D eigenvalue weighted by molar-refractivity contribution is 0.151. The molecule has 1 aromatic heterocycles. The SMILES string of the molecule is Fc1csc2cc(C(F)F)cc(S)c12. The number of fused-ring (bicyclic) bond motifs is 1. The zero-order valence-electron chi connectivity index (χ0n) is 6.80. The smallest absolute Gasteiger partial charge is 0.205 e. The molecule has 14 heavy (non-hydrogen) atoms. The molecule has 0 radical (unpaired) electrons. The van der Waals surface area contributed by atoms with Gasteiger partial charge in [-0.05, 0) is 12.1 Å². The summed E-state index contributed by atoms with van der Waals surface area (Å²) in [6, 6.07) is 2.50. The first kappa shape index (κ1) is 9.86. The van der Waals surface area contributed by atoms with Gasteiger partial charge in [-0.25, -0.2) is 13.2 Å². The summed E-state index contributed by atoms with van der Waals surface area (Å²) in [6.07, 6.45) is -2.55. The topological polar surface area (TPSA) is 0 Å². The summed E-state index contributed by atoms with van der Waals surface area (Å²) < 4.78 is 38.3. The number of alkyl halides is 2. The first-order valence-corrected chi connectivity index (χ1v) is 5.10. The van der Waals surface area contributed by atoms with Gasteiger partial charge >= 0.3 is 0 Å². The lowest BCUT2D eigenvalue weighted by Crippen LogP contribution is -1.84. The van der Waals surface area contributed by atoms with Crippen LogP contribution in [-0.4, -0.2) is 0 Å². The molecule has 0 amide bonds. The van der Waals surface area contributed by atoms with E-state index in [9.17, 15) is 13.2 Å². The number of thiophene rings is 1. The Balaban J connectivity index is 2.74. The fraction of sp³-hybridized carbons (Fsp3) is 0.111. The van der Waals surface area contributed by atoms with E-state index in [1.165, 1.54) is 17.5 Å². The number of hydrogen-bond acceptors (Lipinski definition) is 2. The zero-order valence-corrected chi connectivity index (χ0v) is 8.51. The summed E-state index contributed by atoms with van der Waals surface area (Å²) in [7, 11) is 0. The standard InChI is InChI=1S/C9H5F3S2/c10-5-3-14-7-2-4(9(11)12)1-6(13)8(5)7/h1-3,9,13H. The van der Waals surface area contributed by atoms with Crippen molar-refractivity contribution in [3.63, 3.8) is 0 Å². The molecule has 74 valence electrons. The summed E-state index contributed by atoms with van der Waals surface area (Å²) >= 11 is 5.09. The first-order chi connectivity index (χ1) is 6.59. The first-order valence-electron chi connectivity index (χ1n) is 3.77. The third-order valence-corrected chi connectivity index (χ3v) is 3.14. The van der Waals surface area contributed by atoms with Gasteiger partial charge < -0.3 is 0 Å². The van der Waals surface area contributed by atoms with Crippen LogP contribution in [0.25, 0.3) is 10.1 Å². The van der Waals surface area contributed by atoms with E-state index in [-0.39, 0.29) is 10.5 Å². The van der Waals surface area contributed by atoms with E-state index in [4.69, 9.17) is 0 Å². The third-order valence-electron chi connectivity index (χ3n) is 1.88. The predicted molar refractivity (Wildman–Crippen MR) is 54.0 cm³/mol. The van der Waals surface area contributed by atoms with Gasteiger partial charge in [0.25, 0.3) is 6.43 Å². The maximum atomic E-state index is 13.1. The molecule has 0 N–H and O–H groups in total. The van der Waals surface area contributed by atoms with Gasteiger partial charge in [0.15, 0.2) is 0 Å². The number of benzene rings is 1. The van der Waals surface area contributed by atoms with Gasteiger partial charge in [0.1, 0.15) is 5.82 Å². The molecule has 0 saturated carbocycles. The minimum absolute atomic E-state index is 0.121. The van der Waals surface area contributed by atoms with Crippen molar-refractivity contribution in [1.29, 1.82) is 0 Å². The van der Waals surface area contributed by atoms with E-state index in [1.807, 2.05) is 0 Å². The normalized spacial score (nSPS) is 11.5. The highest BCUT2D eigenvalue weighted by Gasteiger charge is 2.13. The third kappa shape index (κ3) is 1.50. The average Bonchev–Trinajstić information content (AvgIpc) is 2.48. The quantitative estimate of drug-likeness (QED) is 0.700. The highest BCUT2D eigenvalue weighted by Crippen LogP contribution is 2.34. The van der Waals surface area contributed by atoms with Crippen LogP contribution in [0.4, 0.5) is 13.2 Å². The van der Waals surface area contributed by atoms with Crippen LogP contribution < -0.4 is 0 Å². The van der Waals surface area contributed by atoms with Crippen LogP contribution in [0, 0.1) is 5.82 Å². The van der Waals surface area contributed by atoms with E-state index in [2.05, 4.69) is 12.6 Å². The molecule has 0 aliphatic heterocycles. The van der Waals surface area contributed by atoms with E-state index < -0.39 is 12.2 Å². The summed E-state index contributed by atoms with van der Waals surface area (Å²) in [6.45, 7) is 0. The van der Waals surface area contributed by atoms with Gasteiger partial charge in [-0.3, -0.25) is 0 Å². The van der Waals surface area contributed by atoms with E-state index in [0.717, 1.165) is 11.3 Å². The fourth-order valence-corrected chi connectivity index (χ4v) is 2.58. The number of thiol groups is 1. The van der Waals surface area contributed by atoms with Crippen LogP contribution in [0.5, 0.6) is 0 Å². The predicted octanol–water partition coefficient (Wildman–Crippen LogP) is 4.27. The van der Waals surface area contributed by atoms with Crippen molar-refractivity contribution in [1.82, 2.24) is 0 Å². The number of hydrogen-bond donors (Lipinski definition) is 1. The monoisotopic (exact) mass is 234 g/mol. The molecule has 1 aromatic carbocycles. The Labute approximate surface area is 87.8 Å². The summed E-state index contributed by atoms with van der Waals surface area (Å²) in [5.74, 6) is -0.407. The second-order valence-corrected chi connectivity index (χ2v) is 4.19. The largest absolute Gasteiger partial charge is 0.263 e. The van der Waals surface area contributed by atoms with E-state index >= 15 is 0 Å². The number of rotatable bonds is 1. The molecule has 0 nitrogen and oxygen atoms in total. The van der Waals surface area contributed by atoms with Gasteiger partial charge in [0.2, 0.25) is 0 Å². The molecule has 2 aromatic rings. The Morgan fingerprint density at radius 2 is 2.00 bits per heavy atom. The number of halogens is 3. The fourth-order valence-electron chi connectivity index (χ4n) is 1.25. The van der Waals surface area contributed by atoms with Crippen LogP contribution in [-0.2, 0) is 0 Å². The molecular weight excluding hydrogens is 229 g/mol. The summed E-state index contributed by atoms with van der Waals surface area (Å²) in [5, 5.41) is 1.61. The molecule has 0 atom stereocenters. The highest BCUT2D eigenvalue weighted by atomic mass is 32.1. The molecular formula is C9H5F3S2. The highest BCUT2D eigenvalue weighted by molar-refractivity contribution is 7.80. The van der Waals surface area contributed by atoms with Crippen molar-refractivity contribution in [2.75, 3.05) is 0 Å². The molecule has 0 spiro atoms. The minimum Gasteiger partial charge on any atom is -0.205 e.